The number of hydrogen-bond donors (Lipinski definition) is 0. The van der Waals surface area contributed by atoms with E-state index in [-0.39, 0.29) is 0 Å². The summed E-state index contributed by atoms with van der Waals surface area (Å²) in [5.74, 6) is 0. The lowest BCUT2D eigenvalue weighted by Crippen LogP contribution is -1.92. The van der Waals surface area contributed by atoms with E-state index in [0.29, 0.717) is 0 Å². The molecule has 0 bridgehead atoms. The maximum Gasteiger partial charge on any atom is 0.143 e. The number of furan rings is 1. The van der Waals surface area contributed by atoms with Crippen LogP contribution in [0.4, 0.5) is 0 Å². The zero-order valence-corrected chi connectivity index (χ0v) is 33.2. The first-order valence-corrected chi connectivity index (χ1v) is 21.1. The monoisotopic (exact) mass is 772 g/mol. The molecule has 0 aliphatic carbocycles. The van der Waals surface area contributed by atoms with Crippen LogP contribution in [0.15, 0.2) is 223 Å². The molecule has 0 radical (unpaired) electrons. The molecule has 0 saturated carbocycles. The molecule has 61 heavy (non-hydrogen) atoms. The topological polar surface area (TPSA) is 13.1 Å². The zero-order chi connectivity index (χ0) is 40.0. The molecule has 0 spiro atoms. The largest absolute Gasteiger partial charge is 0.455 e. The lowest BCUT2D eigenvalue weighted by molar-refractivity contribution is 0.673. The number of para-hydroxylation sites is 1. The van der Waals surface area contributed by atoms with Crippen molar-refractivity contribution in [3.63, 3.8) is 0 Å². The van der Waals surface area contributed by atoms with Crippen LogP contribution in [0, 0.1) is 0 Å². The highest BCUT2D eigenvalue weighted by Crippen LogP contribution is 2.47. The molecule has 0 aliphatic heterocycles. The standard InChI is InChI=1S/C60H36O/c1-2-13-37(14-3-1)40-29-31-44-41(35-40)15-12-23-43(44)38-25-27-39(28-26-38)57-48-19-6-8-21-50(48)58(51-22-9-7-20-49(51)57)42-30-32-53-55(36-42)46-17-5-4-16-45(46)52-33-34-54-47-18-10-11-24-56(47)61-60(54)59(52)53/h1-36H. The summed E-state index contributed by atoms with van der Waals surface area (Å²) in [6, 6.07) is 80.0. The average molecular weight is 773 g/mol. The van der Waals surface area contributed by atoms with Crippen molar-refractivity contribution in [3.8, 4) is 44.5 Å². The molecule has 1 heteroatoms. The van der Waals surface area contributed by atoms with E-state index in [1.165, 1.54) is 109 Å². The van der Waals surface area contributed by atoms with Crippen LogP contribution in [0.1, 0.15) is 0 Å². The fourth-order valence-electron chi connectivity index (χ4n) is 10.3. The van der Waals surface area contributed by atoms with Gasteiger partial charge in [-0.1, -0.05) is 194 Å². The molecule has 0 unspecified atom stereocenters. The van der Waals surface area contributed by atoms with Gasteiger partial charge in [0.2, 0.25) is 0 Å². The third kappa shape index (κ3) is 5.14. The molecule has 13 aromatic rings. The van der Waals surface area contributed by atoms with Gasteiger partial charge < -0.3 is 4.42 Å². The molecule has 1 nitrogen and oxygen atoms in total. The molecule has 0 amide bonds. The Morgan fingerprint density at radius 1 is 0.246 bits per heavy atom. The molecule has 13 rings (SSSR count). The van der Waals surface area contributed by atoms with E-state index in [9.17, 15) is 0 Å². The van der Waals surface area contributed by atoms with Gasteiger partial charge in [-0.15, -0.1) is 0 Å². The Balaban J connectivity index is 0.992. The molecule has 1 aromatic heterocycles. The highest BCUT2D eigenvalue weighted by molar-refractivity contribution is 6.33. The van der Waals surface area contributed by atoms with Crippen molar-refractivity contribution in [2.75, 3.05) is 0 Å². The van der Waals surface area contributed by atoms with Gasteiger partial charge >= 0.3 is 0 Å². The minimum atomic E-state index is 0.918. The zero-order valence-electron chi connectivity index (χ0n) is 33.2. The third-order valence-electron chi connectivity index (χ3n) is 13.0. The fourth-order valence-corrected chi connectivity index (χ4v) is 10.3. The van der Waals surface area contributed by atoms with E-state index < -0.39 is 0 Å². The first-order valence-electron chi connectivity index (χ1n) is 21.1. The highest BCUT2D eigenvalue weighted by atomic mass is 16.3. The van der Waals surface area contributed by atoms with Crippen LogP contribution in [-0.2, 0) is 0 Å². The van der Waals surface area contributed by atoms with Gasteiger partial charge in [-0.3, -0.25) is 0 Å². The maximum atomic E-state index is 6.68. The van der Waals surface area contributed by atoms with E-state index in [1.54, 1.807) is 0 Å². The first-order chi connectivity index (χ1) is 30.3. The molecule has 0 atom stereocenters. The number of benzene rings is 12. The summed E-state index contributed by atoms with van der Waals surface area (Å²) in [5.41, 5.74) is 11.7. The van der Waals surface area contributed by atoms with Crippen molar-refractivity contribution < 1.29 is 4.42 Å². The van der Waals surface area contributed by atoms with Crippen LogP contribution in [0.25, 0.3) is 131 Å². The summed E-state index contributed by atoms with van der Waals surface area (Å²) in [5, 5.41) is 17.1. The fraction of sp³-hybridized carbons (Fsp3) is 0. The molecule has 12 aromatic carbocycles. The van der Waals surface area contributed by atoms with Crippen molar-refractivity contribution in [1.29, 1.82) is 0 Å². The summed E-state index contributed by atoms with van der Waals surface area (Å²) < 4.78 is 6.68. The molecule has 1 heterocycles. The minimum Gasteiger partial charge on any atom is -0.455 e. The van der Waals surface area contributed by atoms with Crippen LogP contribution in [-0.4, -0.2) is 0 Å². The Morgan fingerprint density at radius 3 is 1.48 bits per heavy atom. The quantitative estimate of drug-likeness (QED) is 0.128. The normalized spacial score (nSPS) is 11.9. The van der Waals surface area contributed by atoms with Gasteiger partial charge in [0.05, 0.1) is 0 Å². The lowest BCUT2D eigenvalue weighted by Gasteiger charge is -2.19. The molecule has 0 saturated heterocycles. The second kappa shape index (κ2) is 13.3. The Bertz CT molecular complexity index is 3850. The van der Waals surface area contributed by atoms with Crippen molar-refractivity contribution in [3.05, 3.63) is 218 Å². The van der Waals surface area contributed by atoms with Crippen LogP contribution >= 0.6 is 0 Å². The molecule has 282 valence electrons. The highest BCUT2D eigenvalue weighted by Gasteiger charge is 2.20. The van der Waals surface area contributed by atoms with E-state index in [1.807, 2.05) is 0 Å². The van der Waals surface area contributed by atoms with Crippen molar-refractivity contribution in [2.45, 2.75) is 0 Å². The first kappa shape index (κ1) is 33.9. The van der Waals surface area contributed by atoms with Crippen molar-refractivity contribution >= 4 is 86.6 Å². The minimum absolute atomic E-state index is 0.918. The van der Waals surface area contributed by atoms with Gasteiger partial charge in [0.15, 0.2) is 0 Å². The number of fused-ring (bicyclic) bond motifs is 13. The summed E-state index contributed by atoms with van der Waals surface area (Å²) in [6.07, 6.45) is 0. The van der Waals surface area contributed by atoms with E-state index >= 15 is 0 Å². The smallest absolute Gasteiger partial charge is 0.143 e. The van der Waals surface area contributed by atoms with Gasteiger partial charge in [0, 0.05) is 16.2 Å². The Morgan fingerprint density at radius 2 is 0.754 bits per heavy atom. The van der Waals surface area contributed by atoms with Crippen LogP contribution in [0.5, 0.6) is 0 Å². The number of hydrogen-bond acceptors (Lipinski definition) is 1. The second-order valence-electron chi connectivity index (χ2n) is 16.3. The maximum absolute atomic E-state index is 6.68. The second-order valence-corrected chi connectivity index (χ2v) is 16.3. The molecular weight excluding hydrogens is 737 g/mol. The molecular formula is C60H36O. The number of rotatable bonds is 4. The predicted octanol–water partition coefficient (Wildman–Crippen LogP) is 17.2. The Kier molecular flexibility index (Phi) is 7.37. The molecule has 0 fully saturated rings. The molecule has 0 aliphatic rings. The Hall–Kier alpha value is -8.00. The van der Waals surface area contributed by atoms with Crippen LogP contribution in [0.2, 0.25) is 0 Å². The van der Waals surface area contributed by atoms with Gasteiger partial charge in [-0.05, 0) is 128 Å². The van der Waals surface area contributed by atoms with E-state index in [0.717, 1.165) is 21.9 Å². The summed E-state index contributed by atoms with van der Waals surface area (Å²) in [4.78, 5) is 0. The van der Waals surface area contributed by atoms with Crippen LogP contribution in [0.3, 0.4) is 0 Å². The summed E-state index contributed by atoms with van der Waals surface area (Å²) in [6.45, 7) is 0. The third-order valence-corrected chi connectivity index (χ3v) is 13.0. The van der Waals surface area contributed by atoms with Crippen molar-refractivity contribution in [1.82, 2.24) is 0 Å². The Labute approximate surface area is 352 Å². The predicted molar refractivity (Wildman–Crippen MR) is 260 cm³/mol. The van der Waals surface area contributed by atoms with Gasteiger partial charge in [-0.2, -0.15) is 0 Å². The van der Waals surface area contributed by atoms with E-state index in [4.69, 9.17) is 4.42 Å². The lowest BCUT2D eigenvalue weighted by atomic mass is 9.84. The van der Waals surface area contributed by atoms with Crippen molar-refractivity contribution in [2.24, 2.45) is 0 Å². The van der Waals surface area contributed by atoms with Crippen LogP contribution < -0.4 is 0 Å². The van der Waals surface area contributed by atoms with Gasteiger partial charge in [0.25, 0.3) is 0 Å². The summed E-state index contributed by atoms with van der Waals surface area (Å²) >= 11 is 0. The summed E-state index contributed by atoms with van der Waals surface area (Å²) in [7, 11) is 0. The molecule has 0 N–H and O–H groups in total. The van der Waals surface area contributed by atoms with Gasteiger partial charge in [-0.25, -0.2) is 0 Å². The SMILES string of the molecule is c1ccc(-c2ccc3c(-c4ccc(-c5c6ccccc6c(-c6ccc7c(c6)c6ccccc6c6ccc8c9ccccc9oc8c67)c6ccccc56)cc4)cccc3c2)cc1. The van der Waals surface area contributed by atoms with E-state index in [2.05, 4.69) is 218 Å². The van der Waals surface area contributed by atoms with Gasteiger partial charge in [0.1, 0.15) is 11.2 Å². The average Bonchev–Trinajstić information content (AvgIpc) is 3.72.